The van der Waals surface area contributed by atoms with Gasteiger partial charge in [-0.15, -0.1) is 0 Å². The summed E-state index contributed by atoms with van der Waals surface area (Å²) in [6.45, 7) is 5.71. The fourth-order valence-electron chi connectivity index (χ4n) is 1.23. The van der Waals surface area contributed by atoms with Crippen LogP contribution in [0.2, 0.25) is 0 Å². The number of hydrogen-bond donors (Lipinski definition) is 2. The predicted molar refractivity (Wildman–Crippen MR) is 62.1 cm³/mol. The standard InChI is InChI=1S/C10H18N2O2S/c1-8-10(9(2)14-12-8)7-15-6-4-11-3-5-13/h11,13H,3-7H2,1-2H3. The molecule has 0 aliphatic carbocycles. The Hall–Kier alpha value is -0.520. The van der Waals surface area contributed by atoms with Crippen molar-refractivity contribution in [2.75, 3.05) is 25.4 Å². The van der Waals surface area contributed by atoms with E-state index in [9.17, 15) is 0 Å². The highest BCUT2D eigenvalue weighted by Gasteiger charge is 2.07. The van der Waals surface area contributed by atoms with Crippen molar-refractivity contribution in [3.05, 3.63) is 17.0 Å². The van der Waals surface area contributed by atoms with E-state index in [1.165, 1.54) is 5.56 Å². The summed E-state index contributed by atoms with van der Waals surface area (Å²) in [4.78, 5) is 0. The molecule has 1 rings (SSSR count). The number of aliphatic hydroxyl groups excluding tert-OH is 1. The second kappa shape index (κ2) is 6.87. The predicted octanol–water partition coefficient (Wildman–Crippen LogP) is 1.11. The second-order valence-electron chi connectivity index (χ2n) is 3.33. The zero-order chi connectivity index (χ0) is 11.1. The zero-order valence-electron chi connectivity index (χ0n) is 9.25. The first-order chi connectivity index (χ1) is 7.25. The van der Waals surface area contributed by atoms with Gasteiger partial charge >= 0.3 is 0 Å². The van der Waals surface area contributed by atoms with Crippen molar-refractivity contribution in [3.8, 4) is 0 Å². The molecule has 4 nitrogen and oxygen atoms in total. The minimum Gasteiger partial charge on any atom is -0.395 e. The second-order valence-corrected chi connectivity index (χ2v) is 4.43. The highest BCUT2D eigenvalue weighted by atomic mass is 32.2. The molecule has 0 spiro atoms. The Morgan fingerprint density at radius 2 is 2.20 bits per heavy atom. The van der Waals surface area contributed by atoms with Crippen LogP contribution in [0.5, 0.6) is 0 Å². The van der Waals surface area contributed by atoms with Gasteiger partial charge in [-0.2, -0.15) is 11.8 Å². The largest absolute Gasteiger partial charge is 0.395 e. The SMILES string of the molecule is Cc1noc(C)c1CSCCNCCO. The molecule has 1 aromatic rings. The maximum Gasteiger partial charge on any atom is 0.137 e. The molecule has 0 saturated carbocycles. The summed E-state index contributed by atoms with van der Waals surface area (Å²) >= 11 is 1.85. The van der Waals surface area contributed by atoms with E-state index < -0.39 is 0 Å². The highest BCUT2D eigenvalue weighted by Crippen LogP contribution is 2.18. The summed E-state index contributed by atoms with van der Waals surface area (Å²) in [6.07, 6.45) is 0. The van der Waals surface area contributed by atoms with E-state index >= 15 is 0 Å². The van der Waals surface area contributed by atoms with Gasteiger partial charge in [-0.25, -0.2) is 0 Å². The molecule has 0 atom stereocenters. The Bertz CT molecular complexity index is 269. The van der Waals surface area contributed by atoms with Gasteiger partial charge in [0.2, 0.25) is 0 Å². The number of nitrogens with zero attached hydrogens (tertiary/aromatic N) is 1. The molecular weight excluding hydrogens is 212 g/mol. The van der Waals surface area contributed by atoms with E-state index in [1.54, 1.807) is 0 Å². The van der Waals surface area contributed by atoms with Crippen molar-refractivity contribution < 1.29 is 9.63 Å². The van der Waals surface area contributed by atoms with Gasteiger partial charge in [-0.05, 0) is 13.8 Å². The van der Waals surface area contributed by atoms with Crippen LogP contribution in [0.3, 0.4) is 0 Å². The smallest absolute Gasteiger partial charge is 0.137 e. The Balaban J connectivity index is 2.15. The van der Waals surface area contributed by atoms with Crippen LogP contribution in [0.4, 0.5) is 0 Å². The topological polar surface area (TPSA) is 58.3 Å². The zero-order valence-corrected chi connectivity index (χ0v) is 10.1. The van der Waals surface area contributed by atoms with E-state index in [-0.39, 0.29) is 6.61 Å². The van der Waals surface area contributed by atoms with E-state index in [2.05, 4.69) is 10.5 Å². The van der Waals surface area contributed by atoms with Crippen molar-refractivity contribution in [1.29, 1.82) is 0 Å². The third kappa shape index (κ3) is 4.24. The number of nitrogens with one attached hydrogen (secondary N) is 1. The molecule has 15 heavy (non-hydrogen) atoms. The van der Waals surface area contributed by atoms with Gasteiger partial charge in [0, 0.05) is 30.2 Å². The van der Waals surface area contributed by atoms with Gasteiger partial charge in [-0.3, -0.25) is 0 Å². The number of thioether (sulfide) groups is 1. The monoisotopic (exact) mass is 230 g/mol. The van der Waals surface area contributed by atoms with Crippen molar-refractivity contribution in [2.24, 2.45) is 0 Å². The average molecular weight is 230 g/mol. The van der Waals surface area contributed by atoms with Gasteiger partial charge in [-0.1, -0.05) is 5.16 Å². The molecule has 5 heteroatoms. The Morgan fingerprint density at radius 3 is 2.80 bits per heavy atom. The summed E-state index contributed by atoms with van der Waals surface area (Å²) in [7, 11) is 0. The van der Waals surface area contributed by atoms with Crippen molar-refractivity contribution in [2.45, 2.75) is 19.6 Å². The van der Waals surface area contributed by atoms with Crippen LogP contribution >= 0.6 is 11.8 Å². The summed E-state index contributed by atoms with van der Waals surface area (Å²) in [6, 6.07) is 0. The first kappa shape index (κ1) is 12.5. The van der Waals surface area contributed by atoms with E-state index in [1.807, 2.05) is 25.6 Å². The van der Waals surface area contributed by atoms with Crippen LogP contribution in [0, 0.1) is 13.8 Å². The fourth-order valence-corrected chi connectivity index (χ4v) is 2.28. The molecule has 0 fully saturated rings. The van der Waals surface area contributed by atoms with Crippen LogP contribution in [0.1, 0.15) is 17.0 Å². The minimum absolute atomic E-state index is 0.203. The number of aliphatic hydroxyl groups is 1. The first-order valence-corrected chi connectivity index (χ1v) is 6.22. The van der Waals surface area contributed by atoms with Gasteiger partial charge in [0.05, 0.1) is 12.3 Å². The minimum atomic E-state index is 0.203. The molecule has 1 aromatic heterocycles. The van der Waals surface area contributed by atoms with Crippen molar-refractivity contribution >= 4 is 11.8 Å². The maximum atomic E-state index is 8.56. The quantitative estimate of drug-likeness (QED) is 0.687. The molecule has 0 radical (unpaired) electrons. The summed E-state index contributed by atoms with van der Waals surface area (Å²) in [5.74, 6) is 2.90. The highest BCUT2D eigenvalue weighted by molar-refractivity contribution is 7.98. The molecule has 86 valence electrons. The lowest BCUT2D eigenvalue weighted by Gasteiger charge is -2.02. The lowest BCUT2D eigenvalue weighted by Crippen LogP contribution is -2.20. The van der Waals surface area contributed by atoms with Gasteiger partial charge in [0.1, 0.15) is 5.76 Å². The summed E-state index contributed by atoms with van der Waals surface area (Å²) < 4.78 is 5.08. The van der Waals surface area contributed by atoms with E-state index in [0.717, 1.165) is 29.5 Å². The number of hydrogen-bond acceptors (Lipinski definition) is 5. The maximum absolute atomic E-state index is 8.56. The normalized spacial score (nSPS) is 10.9. The average Bonchev–Trinajstić information content (AvgIpc) is 2.54. The van der Waals surface area contributed by atoms with Crippen LogP contribution in [0.15, 0.2) is 4.52 Å². The molecule has 1 heterocycles. The first-order valence-electron chi connectivity index (χ1n) is 5.06. The molecule has 0 saturated heterocycles. The molecule has 0 aliphatic rings. The van der Waals surface area contributed by atoms with Crippen LogP contribution in [-0.4, -0.2) is 35.7 Å². The Labute approximate surface area is 94.4 Å². The van der Waals surface area contributed by atoms with E-state index in [4.69, 9.17) is 9.63 Å². The molecule has 0 amide bonds. The Morgan fingerprint density at radius 1 is 1.40 bits per heavy atom. The van der Waals surface area contributed by atoms with Gasteiger partial charge in [0.15, 0.2) is 0 Å². The molecule has 0 aliphatic heterocycles. The molecule has 0 unspecified atom stereocenters. The van der Waals surface area contributed by atoms with Crippen LogP contribution in [0.25, 0.3) is 0 Å². The molecule has 0 bridgehead atoms. The van der Waals surface area contributed by atoms with Gasteiger partial charge in [0.25, 0.3) is 0 Å². The van der Waals surface area contributed by atoms with Crippen molar-refractivity contribution in [1.82, 2.24) is 10.5 Å². The number of aromatic nitrogens is 1. The van der Waals surface area contributed by atoms with Crippen molar-refractivity contribution in [3.63, 3.8) is 0 Å². The summed E-state index contributed by atoms with van der Waals surface area (Å²) in [5.41, 5.74) is 2.20. The van der Waals surface area contributed by atoms with Crippen LogP contribution < -0.4 is 5.32 Å². The van der Waals surface area contributed by atoms with E-state index in [0.29, 0.717) is 6.54 Å². The number of rotatable bonds is 7. The Kier molecular flexibility index (Phi) is 5.75. The fraction of sp³-hybridized carbons (Fsp3) is 0.700. The van der Waals surface area contributed by atoms with Crippen LogP contribution in [-0.2, 0) is 5.75 Å². The number of aryl methyl sites for hydroxylation is 2. The molecule has 2 N–H and O–H groups in total. The summed E-state index contributed by atoms with van der Waals surface area (Å²) in [5, 5.41) is 15.6. The van der Waals surface area contributed by atoms with Gasteiger partial charge < -0.3 is 14.9 Å². The third-order valence-corrected chi connectivity index (χ3v) is 3.12. The lowest BCUT2D eigenvalue weighted by molar-refractivity contribution is 0.294. The molecule has 0 aromatic carbocycles. The lowest BCUT2D eigenvalue weighted by atomic mass is 10.2. The molecular formula is C10H18N2O2S. The third-order valence-electron chi connectivity index (χ3n) is 2.14.